The van der Waals surface area contributed by atoms with E-state index in [-0.39, 0.29) is 12.3 Å². The largest absolute Gasteiger partial charge is 0.496 e. The summed E-state index contributed by atoms with van der Waals surface area (Å²) in [6, 6.07) is 11.1. The summed E-state index contributed by atoms with van der Waals surface area (Å²) >= 11 is 6.27. The normalized spacial score (nSPS) is 17.7. The van der Waals surface area contributed by atoms with E-state index in [0.29, 0.717) is 34.5 Å². The average Bonchev–Trinajstić information content (AvgIpc) is 3.51. The van der Waals surface area contributed by atoms with Crippen LogP contribution < -0.4 is 20.7 Å². The van der Waals surface area contributed by atoms with Crippen molar-refractivity contribution in [1.29, 1.82) is 5.26 Å². The number of hydrogen-bond acceptors (Lipinski definition) is 5. The third-order valence-corrected chi connectivity index (χ3v) is 7.56. The molecule has 3 aromatic rings. The molecule has 38 heavy (non-hydrogen) atoms. The Kier molecular flexibility index (Phi) is 7.00. The zero-order valence-electron chi connectivity index (χ0n) is 21.1. The molecule has 1 aromatic heterocycles. The molecule has 1 aliphatic heterocycles. The van der Waals surface area contributed by atoms with Crippen molar-refractivity contribution in [1.82, 2.24) is 15.6 Å². The van der Waals surface area contributed by atoms with Gasteiger partial charge in [-0.1, -0.05) is 36.6 Å². The Bertz CT molecular complexity index is 1470. The second-order valence-electron chi connectivity index (χ2n) is 9.93. The zero-order valence-corrected chi connectivity index (χ0v) is 21.8. The quantitative estimate of drug-likeness (QED) is 0.327. The number of methoxy groups -OCH3 is 1. The van der Waals surface area contributed by atoms with Crippen LogP contribution in [0.2, 0.25) is 5.02 Å². The standard InChI is InChI=1S/C28H28ClN5O4/c1-14-6-9-19(29)25-24(14)18(26(35)34-25)11-16(13-30)31-27(36)21(10-15-7-8-15)33-28(37)22-12-17-20(32-22)4-3-5-23(17)38-2/h3-6,9,12,15-16,18,21,32H,7-8,10-11H2,1-2H3,(H,31,36)(H,33,37)(H,34,35). The Balaban J connectivity index is 1.30. The highest BCUT2D eigenvalue weighted by Crippen LogP contribution is 2.42. The van der Waals surface area contributed by atoms with Gasteiger partial charge in [0.2, 0.25) is 11.8 Å². The molecule has 3 atom stereocenters. The van der Waals surface area contributed by atoms with Gasteiger partial charge in [-0.05, 0) is 61.1 Å². The van der Waals surface area contributed by atoms with Crippen LogP contribution >= 0.6 is 11.6 Å². The molecule has 196 valence electrons. The average molecular weight is 534 g/mol. The van der Waals surface area contributed by atoms with Gasteiger partial charge in [0, 0.05) is 10.9 Å². The smallest absolute Gasteiger partial charge is 0.268 e. The van der Waals surface area contributed by atoms with Crippen LogP contribution in [0.5, 0.6) is 5.75 Å². The predicted molar refractivity (Wildman–Crippen MR) is 143 cm³/mol. The van der Waals surface area contributed by atoms with Gasteiger partial charge in [-0.25, -0.2) is 0 Å². The van der Waals surface area contributed by atoms with Crippen molar-refractivity contribution < 1.29 is 19.1 Å². The number of aryl methyl sites for hydroxylation is 1. The first-order valence-electron chi connectivity index (χ1n) is 12.6. The second-order valence-corrected chi connectivity index (χ2v) is 10.3. The van der Waals surface area contributed by atoms with Gasteiger partial charge >= 0.3 is 0 Å². The predicted octanol–water partition coefficient (Wildman–Crippen LogP) is 4.17. The molecule has 9 nitrogen and oxygen atoms in total. The lowest BCUT2D eigenvalue weighted by Crippen LogP contribution is -2.50. The van der Waals surface area contributed by atoms with Gasteiger partial charge in [-0.15, -0.1) is 0 Å². The number of aromatic nitrogens is 1. The highest BCUT2D eigenvalue weighted by molar-refractivity contribution is 6.34. The summed E-state index contributed by atoms with van der Waals surface area (Å²) in [5, 5.41) is 19.4. The van der Waals surface area contributed by atoms with Gasteiger partial charge in [0.15, 0.2) is 0 Å². The molecule has 0 bridgehead atoms. The van der Waals surface area contributed by atoms with Crippen LogP contribution in [0.3, 0.4) is 0 Å². The zero-order chi connectivity index (χ0) is 27.0. The lowest BCUT2D eigenvalue weighted by molar-refractivity contribution is -0.124. The lowest BCUT2D eigenvalue weighted by atomic mass is 9.90. The van der Waals surface area contributed by atoms with Crippen molar-refractivity contribution in [3.63, 3.8) is 0 Å². The molecule has 2 aromatic carbocycles. The molecule has 10 heteroatoms. The van der Waals surface area contributed by atoms with E-state index in [2.05, 4.69) is 27.0 Å². The van der Waals surface area contributed by atoms with Gasteiger partial charge in [0.1, 0.15) is 23.5 Å². The summed E-state index contributed by atoms with van der Waals surface area (Å²) in [4.78, 5) is 42.2. The first-order valence-corrected chi connectivity index (χ1v) is 12.9. The molecule has 1 fully saturated rings. The molecular weight excluding hydrogens is 506 g/mol. The molecule has 0 spiro atoms. The monoisotopic (exact) mass is 533 g/mol. The molecule has 2 aliphatic rings. The van der Waals surface area contributed by atoms with Gasteiger partial charge in [-0.2, -0.15) is 5.26 Å². The molecule has 0 radical (unpaired) electrons. The van der Waals surface area contributed by atoms with E-state index in [4.69, 9.17) is 16.3 Å². The molecule has 4 N–H and O–H groups in total. The van der Waals surface area contributed by atoms with E-state index < -0.39 is 29.8 Å². The van der Waals surface area contributed by atoms with E-state index in [1.807, 2.05) is 31.2 Å². The summed E-state index contributed by atoms with van der Waals surface area (Å²) in [5.74, 6) is -0.782. The van der Waals surface area contributed by atoms with E-state index in [1.165, 1.54) is 0 Å². The molecule has 3 unspecified atom stereocenters. The van der Waals surface area contributed by atoms with Crippen LogP contribution in [0.15, 0.2) is 36.4 Å². The topological polar surface area (TPSA) is 136 Å². The number of halogens is 1. The number of aromatic amines is 1. The lowest BCUT2D eigenvalue weighted by Gasteiger charge is -2.21. The molecular formula is C28H28ClN5O4. The van der Waals surface area contributed by atoms with E-state index in [1.54, 1.807) is 19.2 Å². The second kappa shape index (κ2) is 10.4. The van der Waals surface area contributed by atoms with E-state index >= 15 is 0 Å². The third-order valence-electron chi connectivity index (χ3n) is 7.25. The maximum atomic E-state index is 13.3. The van der Waals surface area contributed by atoms with Gasteiger partial charge in [0.25, 0.3) is 5.91 Å². The molecule has 1 aliphatic carbocycles. The number of benzene rings is 2. The number of carbonyl (C=O) groups excluding carboxylic acids is 3. The number of fused-ring (bicyclic) bond motifs is 2. The van der Waals surface area contributed by atoms with Crippen molar-refractivity contribution in [2.75, 3.05) is 12.4 Å². The minimum atomic E-state index is -0.932. The third kappa shape index (κ3) is 5.04. The number of H-pyrrole nitrogens is 1. The van der Waals surface area contributed by atoms with Crippen LogP contribution in [0, 0.1) is 24.2 Å². The molecule has 2 heterocycles. The number of nitrogens with zero attached hydrogens (tertiary/aromatic N) is 1. The number of anilines is 1. The summed E-state index contributed by atoms with van der Waals surface area (Å²) in [6.45, 7) is 1.88. The minimum absolute atomic E-state index is 0.0914. The van der Waals surface area contributed by atoms with Crippen LogP contribution in [0.25, 0.3) is 10.9 Å². The number of nitrogens with one attached hydrogen (secondary N) is 4. The van der Waals surface area contributed by atoms with Crippen molar-refractivity contribution in [3.05, 3.63) is 58.2 Å². The van der Waals surface area contributed by atoms with Crippen molar-refractivity contribution in [2.24, 2.45) is 5.92 Å². The Morgan fingerprint density at radius 1 is 1.21 bits per heavy atom. The minimum Gasteiger partial charge on any atom is -0.496 e. The number of ether oxygens (including phenoxy) is 1. The Hall–Kier alpha value is -4.03. The van der Waals surface area contributed by atoms with Gasteiger partial charge in [0.05, 0.1) is 29.8 Å². The maximum Gasteiger partial charge on any atom is 0.268 e. The van der Waals surface area contributed by atoms with Crippen molar-refractivity contribution in [2.45, 2.75) is 50.6 Å². The van der Waals surface area contributed by atoms with Crippen molar-refractivity contribution in [3.8, 4) is 11.8 Å². The Morgan fingerprint density at radius 3 is 2.71 bits per heavy atom. The number of nitriles is 1. The molecule has 5 rings (SSSR count). The fourth-order valence-electron chi connectivity index (χ4n) is 5.07. The van der Waals surface area contributed by atoms with E-state index in [9.17, 15) is 19.6 Å². The van der Waals surface area contributed by atoms with E-state index in [0.717, 1.165) is 34.9 Å². The van der Waals surface area contributed by atoms with Crippen LogP contribution in [0.1, 0.15) is 53.2 Å². The Labute approximate surface area is 224 Å². The number of carbonyl (C=O) groups is 3. The van der Waals surface area contributed by atoms with Crippen LogP contribution in [0.4, 0.5) is 5.69 Å². The number of amides is 3. The highest BCUT2D eigenvalue weighted by Gasteiger charge is 2.37. The first kappa shape index (κ1) is 25.6. The number of rotatable bonds is 9. The summed E-state index contributed by atoms with van der Waals surface area (Å²) in [5.41, 5.74) is 3.23. The van der Waals surface area contributed by atoms with Crippen LogP contribution in [-0.2, 0) is 9.59 Å². The SMILES string of the molecule is COc1cccc2[nH]c(C(=O)NC(CC3CC3)C(=O)NC(C#N)CC3C(=O)Nc4c(Cl)ccc(C)c43)cc12. The van der Waals surface area contributed by atoms with Crippen LogP contribution in [-0.4, -0.2) is 41.9 Å². The fraction of sp³-hybridized carbons (Fsp3) is 0.357. The molecule has 0 saturated heterocycles. The maximum absolute atomic E-state index is 13.3. The summed E-state index contributed by atoms with van der Waals surface area (Å²) < 4.78 is 5.37. The Morgan fingerprint density at radius 2 is 2.00 bits per heavy atom. The molecule has 1 saturated carbocycles. The molecule has 3 amide bonds. The highest BCUT2D eigenvalue weighted by atomic mass is 35.5. The first-order chi connectivity index (χ1) is 18.3. The van der Waals surface area contributed by atoms with Crippen molar-refractivity contribution >= 4 is 45.9 Å². The summed E-state index contributed by atoms with van der Waals surface area (Å²) in [6.07, 6.45) is 2.54. The summed E-state index contributed by atoms with van der Waals surface area (Å²) in [7, 11) is 1.56. The van der Waals surface area contributed by atoms with Gasteiger partial charge < -0.3 is 25.7 Å². The fourth-order valence-corrected chi connectivity index (χ4v) is 5.29. The number of hydrogen-bond donors (Lipinski definition) is 4. The van der Waals surface area contributed by atoms with Gasteiger partial charge in [-0.3, -0.25) is 14.4 Å².